The number of urea groups is 1. The molecule has 0 aliphatic rings. The van der Waals surface area contributed by atoms with Crippen LogP contribution in [0, 0.1) is 11.2 Å². The molecule has 0 saturated heterocycles. The lowest BCUT2D eigenvalue weighted by atomic mass is 9.82. The molecular weight excluding hydrogens is 259 g/mol. The Bertz CT molecular complexity index is 440. The average Bonchev–Trinajstić information content (AvgIpc) is 2.36. The molecule has 1 aromatic rings. The van der Waals surface area contributed by atoms with Gasteiger partial charge in [0.25, 0.3) is 0 Å². The fourth-order valence-corrected chi connectivity index (χ4v) is 1.90. The third kappa shape index (κ3) is 4.81. The smallest absolute Gasteiger partial charge is 0.315 e. The van der Waals surface area contributed by atoms with Crippen LogP contribution >= 0.6 is 0 Å². The highest BCUT2D eigenvalue weighted by Gasteiger charge is 2.28. The van der Waals surface area contributed by atoms with Gasteiger partial charge in [-0.3, -0.25) is 0 Å². The summed E-state index contributed by atoms with van der Waals surface area (Å²) in [6, 6.07) is 5.17. The van der Waals surface area contributed by atoms with Crippen molar-refractivity contribution < 1.29 is 14.3 Å². The van der Waals surface area contributed by atoms with E-state index in [-0.39, 0.29) is 36.0 Å². The van der Waals surface area contributed by atoms with E-state index in [2.05, 4.69) is 10.6 Å². The quantitative estimate of drug-likeness (QED) is 0.795. The Morgan fingerprint density at radius 2 is 1.80 bits per heavy atom. The van der Waals surface area contributed by atoms with Crippen molar-refractivity contribution in [1.82, 2.24) is 10.6 Å². The van der Waals surface area contributed by atoms with E-state index < -0.39 is 0 Å². The van der Waals surface area contributed by atoms with E-state index in [1.165, 1.54) is 12.1 Å². The van der Waals surface area contributed by atoms with Gasteiger partial charge in [-0.15, -0.1) is 0 Å². The number of halogens is 1. The van der Waals surface area contributed by atoms with Crippen LogP contribution in [0.15, 0.2) is 24.3 Å². The monoisotopic (exact) mass is 282 g/mol. The van der Waals surface area contributed by atoms with Gasteiger partial charge in [0.05, 0.1) is 18.7 Å². The molecule has 0 spiro atoms. The molecule has 1 rings (SSSR count). The number of rotatable bonds is 4. The van der Waals surface area contributed by atoms with Crippen molar-refractivity contribution in [2.75, 3.05) is 6.61 Å². The van der Waals surface area contributed by atoms with E-state index in [1.54, 1.807) is 19.1 Å². The predicted octanol–water partition coefficient (Wildman–Crippen LogP) is 2.59. The van der Waals surface area contributed by atoms with Crippen LogP contribution in [0.2, 0.25) is 0 Å². The van der Waals surface area contributed by atoms with E-state index in [9.17, 15) is 9.18 Å². The lowest BCUT2D eigenvalue weighted by molar-refractivity contribution is 0.204. The highest BCUT2D eigenvalue weighted by atomic mass is 19.1. The van der Waals surface area contributed by atoms with Crippen LogP contribution in [-0.2, 0) is 0 Å². The zero-order chi connectivity index (χ0) is 15.3. The van der Waals surface area contributed by atoms with E-state index >= 15 is 0 Å². The normalized spacial score (nSPS) is 14.5. The van der Waals surface area contributed by atoms with Crippen molar-refractivity contribution in [1.29, 1.82) is 0 Å². The standard InChI is InChI=1S/C15H23FN2O2/c1-10(9-19)17-14(20)18-13(15(2,3)4)11-5-7-12(16)8-6-11/h5-8,10,13,19H,9H2,1-4H3,(H2,17,18,20). The second-order valence-corrected chi connectivity index (χ2v) is 6.05. The predicted molar refractivity (Wildman–Crippen MR) is 76.8 cm³/mol. The molecule has 5 heteroatoms. The van der Waals surface area contributed by atoms with Gasteiger partial charge in [-0.2, -0.15) is 0 Å². The van der Waals surface area contributed by atoms with Gasteiger partial charge in [-0.25, -0.2) is 9.18 Å². The maximum atomic E-state index is 13.0. The number of hydrogen-bond donors (Lipinski definition) is 3. The number of hydrogen-bond acceptors (Lipinski definition) is 2. The molecule has 3 N–H and O–H groups in total. The van der Waals surface area contributed by atoms with Crippen LogP contribution in [0.1, 0.15) is 39.3 Å². The van der Waals surface area contributed by atoms with Crippen molar-refractivity contribution in [2.24, 2.45) is 5.41 Å². The summed E-state index contributed by atoms with van der Waals surface area (Å²) in [7, 11) is 0. The van der Waals surface area contributed by atoms with Gasteiger partial charge < -0.3 is 15.7 Å². The fraction of sp³-hybridized carbons (Fsp3) is 0.533. The Morgan fingerprint density at radius 1 is 1.25 bits per heavy atom. The number of benzene rings is 1. The number of carbonyl (C=O) groups is 1. The number of aliphatic hydroxyl groups excluding tert-OH is 1. The summed E-state index contributed by atoms with van der Waals surface area (Å²) in [4.78, 5) is 11.9. The minimum atomic E-state index is -0.351. The lowest BCUT2D eigenvalue weighted by Gasteiger charge is -2.32. The van der Waals surface area contributed by atoms with E-state index in [4.69, 9.17) is 5.11 Å². The van der Waals surface area contributed by atoms with Gasteiger partial charge in [0.2, 0.25) is 0 Å². The summed E-state index contributed by atoms with van der Waals surface area (Å²) < 4.78 is 13.0. The van der Waals surface area contributed by atoms with Crippen molar-refractivity contribution in [2.45, 2.75) is 39.8 Å². The molecule has 0 bridgehead atoms. The first-order chi connectivity index (χ1) is 9.24. The number of aliphatic hydroxyl groups is 1. The highest BCUT2D eigenvalue weighted by Crippen LogP contribution is 2.32. The van der Waals surface area contributed by atoms with Gasteiger partial charge in [-0.05, 0) is 30.0 Å². The van der Waals surface area contributed by atoms with E-state index in [0.717, 1.165) is 5.56 Å². The third-order valence-corrected chi connectivity index (χ3v) is 3.00. The van der Waals surface area contributed by atoms with E-state index in [1.807, 2.05) is 20.8 Å². The van der Waals surface area contributed by atoms with Crippen molar-refractivity contribution in [3.8, 4) is 0 Å². The molecule has 0 aromatic heterocycles. The molecule has 0 aliphatic carbocycles. The molecular formula is C15H23FN2O2. The highest BCUT2D eigenvalue weighted by molar-refractivity contribution is 5.74. The Balaban J connectivity index is 2.86. The molecule has 20 heavy (non-hydrogen) atoms. The largest absolute Gasteiger partial charge is 0.394 e. The van der Waals surface area contributed by atoms with Gasteiger partial charge >= 0.3 is 6.03 Å². The summed E-state index contributed by atoms with van der Waals surface area (Å²) in [6.07, 6.45) is 0. The number of nitrogens with one attached hydrogen (secondary N) is 2. The molecule has 112 valence electrons. The molecule has 2 unspecified atom stereocenters. The Kier molecular flexibility index (Phi) is 5.51. The van der Waals surface area contributed by atoms with Crippen LogP contribution in [0.25, 0.3) is 0 Å². The SMILES string of the molecule is CC(CO)NC(=O)NC(c1ccc(F)cc1)C(C)(C)C. The second-order valence-electron chi connectivity index (χ2n) is 6.05. The maximum absolute atomic E-state index is 13.0. The Hall–Kier alpha value is -1.62. The summed E-state index contributed by atoms with van der Waals surface area (Å²) in [5.41, 5.74) is 0.614. The first kappa shape index (κ1) is 16.4. The van der Waals surface area contributed by atoms with Crippen molar-refractivity contribution in [3.63, 3.8) is 0 Å². The summed E-state index contributed by atoms with van der Waals surface area (Å²) in [5.74, 6) is -0.306. The molecule has 2 amide bonds. The van der Waals surface area contributed by atoms with Crippen LogP contribution in [-0.4, -0.2) is 23.8 Å². The number of amides is 2. The summed E-state index contributed by atoms with van der Waals surface area (Å²) in [6.45, 7) is 7.58. The molecule has 1 aromatic carbocycles. The first-order valence-corrected chi connectivity index (χ1v) is 6.67. The Morgan fingerprint density at radius 3 is 2.25 bits per heavy atom. The minimum absolute atomic E-state index is 0.121. The fourth-order valence-electron chi connectivity index (χ4n) is 1.90. The maximum Gasteiger partial charge on any atom is 0.315 e. The zero-order valence-corrected chi connectivity index (χ0v) is 12.4. The van der Waals surface area contributed by atoms with Gasteiger partial charge in [-0.1, -0.05) is 32.9 Å². The summed E-state index contributed by atoms with van der Waals surface area (Å²) >= 11 is 0. The molecule has 0 radical (unpaired) electrons. The molecule has 4 nitrogen and oxygen atoms in total. The third-order valence-electron chi connectivity index (χ3n) is 3.00. The lowest BCUT2D eigenvalue weighted by Crippen LogP contribution is -2.46. The van der Waals surface area contributed by atoms with Gasteiger partial charge in [0.15, 0.2) is 0 Å². The van der Waals surface area contributed by atoms with Crippen LogP contribution in [0.4, 0.5) is 9.18 Å². The molecule has 0 heterocycles. The van der Waals surface area contributed by atoms with Crippen LogP contribution in [0.3, 0.4) is 0 Å². The van der Waals surface area contributed by atoms with E-state index in [0.29, 0.717) is 0 Å². The van der Waals surface area contributed by atoms with Gasteiger partial charge in [0, 0.05) is 0 Å². The molecule has 2 atom stereocenters. The molecule has 0 saturated carbocycles. The molecule has 0 fully saturated rings. The topological polar surface area (TPSA) is 61.4 Å². The second kappa shape index (κ2) is 6.70. The average molecular weight is 282 g/mol. The Labute approximate surface area is 119 Å². The van der Waals surface area contributed by atoms with Crippen LogP contribution in [0.5, 0.6) is 0 Å². The van der Waals surface area contributed by atoms with Crippen molar-refractivity contribution >= 4 is 6.03 Å². The van der Waals surface area contributed by atoms with Crippen molar-refractivity contribution in [3.05, 3.63) is 35.6 Å². The summed E-state index contributed by atoms with van der Waals surface area (Å²) in [5, 5.41) is 14.5. The van der Waals surface area contributed by atoms with Crippen LogP contribution < -0.4 is 10.6 Å². The first-order valence-electron chi connectivity index (χ1n) is 6.67. The number of carbonyl (C=O) groups excluding carboxylic acids is 1. The van der Waals surface area contributed by atoms with Gasteiger partial charge in [0.1, 0.15) is 5.82 Å². The minimum Gasteiger partial charge on any atom is -0.394 e. The zero-order valence-electron chi connectivity index (χ0n) is 12.4. The molecule has 0 aliphatic heterocycles.